The minimum Gasteiger partial charge on any atom is -0.382 e. The van der Waals surface area contributed by atoms with Crippen LogP contribution in [-0.2, 0) is 4.74 Å². The summed E-state index contributed by atoms with van der Waals surface area (Å²) in [6.45, 7) is 6.84. The molecule has 0 aromatic rings. The largest absolute Gasteiger partial charge is 0.382 e. The Morgan fingerprint density at radius 2 is 0.818 bits per heavy atom. The van der Waals surface area contributed by atoms with Crippen LogP contribution in [0.3, 0.4) is 0 Å². The third kappa shape index (κ3) is 18.0. The molecule has 0 aliphatic rings. The van der Waals surface area contributed by atoms with Crippen LogP contribution < -0.4 is 0 Å². The van der Waals surface area contributed by atoms with E-state index in [-0.39, 0.29) is 0 Å². The van der Waals surface area contributed by atoms with Gasteiger partial charge in [-0.1, -0.05) is 104 Å². The average molecular weight is 313 g/mol. The van der Waals surface area contributed by atoms with E-state index in [4.69, 9.17) is 4.74 Å². The van der Waals surface area contributed by atoms with Crippen LogP contribution in [0.1, 0.15) is 117 Å². The first-order valence-corrected chi connectivity index (χ1v) is 10.2. The van der Waals surface area contributed by atoms with E-state index in [1.807, 2.05) is 7.11 Å². The first-order valence-electron chi connectivity index (χ1n) is 10.2. The molecule has 1 heteroatoms. The summed E-state index contributed by atoms with van der Waals surface area (Å²) >= 11 is 0. The molecule has 0 aromatic carbocycles. The van der Waals surface area contributed by atoms with Crippen molar-refractivity contribution in [3.05, 3.63) is 0 Å². The molecule has 0 heterocycles. The number of rotatable bonds is 17. The van der Waals surface area contributed by atoms with E-state index < -0.39 is 0 Å². The first-order chi connectivity index (χ1) is 10.7. The Balaban J connectivity index is 3.00. The zero-order valence-corrected chi connectivity index (χ0v) is 16.2. The summed E-state index contributed by atoms with van der Waals surface area (Å²) in [5, 5.41) is 0. The first kappa shape index (κ1) is 22.0. The third-order valence-electron chi connectivity index (χ3n) is 4.79. The van der Waals surface area contributed by atoms with Crippen molar-refractivity contribution < 1.29 is 4.74 Å². The minimum atomic E-state index is 0.449. The van der Waals surface area contributed by atoms with Gasteiger partial charge < -0.3 is 4.74 Å². The van der Waals surface area contributed by atoms with Crippen LogP contribution in [0.15, 0.2) is 0 Å². The number of hydrogen-bond acceptors (Lipinski definition) is 1. The predicted octanol–water partition coefficient (Wildman–Crippen LogP) is 7.53. The highest BCUT2D eigenvalue weighted by atomic mass is 16.5. The van der Waals surface area contributed by atoms with Crippen molar-refractivity contribution in [3.8, 4) is 0 Å². The number of ether oxygens (including phenoxy) is 1. The lowest BCUT2D eigenvalue weighted by Crippen LogP contribution is -2.03. The molecule has 0 amide bonds. The molecule has 0 spiro atoms. The highest BCUT2D eigenvalue weighted by Gasteiger charge is 1.99. The Morgan fingerprint density at radius 3 is 1.14 bits per heavy atom. The van der Waals surface area contributed by atoms with Crippen LogP contribution in [0.4, 0.5) is 0 Å². The summed E-state index contributed by atoms with van der Waals surface area (Å²) in [5.74, 6) is 0.892. The molecule has 1 nitrogen and oxygen atoms in total. The second-order valence-electron chi connectivity index (χ2n) is 7.61. The van der Waals surface area contributed by atoms with Gasteiger partial charge in [0.15, 0.2) is 0 Å². The van der Waals surface area contributed by atoms with Crippen molar-refractivity contribution in [1.29, 1.82) is 0 Å². The molecule has 0 aliphatic heterocycles. The molecule has 134 valence electrons. The smallest absolute Gasteiger partial charge is 0.0543 e. The Hall–Kier alpha value is -0.0400. The van der Waals surface area contributed by atoms with Crippen molar-refractivity contribution in [2.75, 3.05) is 7.11 Å². The normalized spacial score (nSPS) is 13.0. The second kappa shape index (κ2) is 17.3. The highest BCUT2D eigenvalue weighted by molar-refractivity contribution is 4.52. The summed E-state index contributed by atoms with van der Waals surface area (Å²) in [5.41, 5.74) is 0. The van der Waals surface area contributed by atoms with Gasteiger partial charge in [0.1, 0.15) is 0 Å². The Morgan fingerprint density at radius 1 is 0.500 bits per heavy atom. The quantitative estimate of drug-likeness (QED) is 0.252. The fourth-order valence-electron chi connectivity index (χ4n) is 3.05. The topological polar surface area (TPSA) is 9.23 Å². The van der Waals surface area contributed by atoms with Gasteiger partial charge in [-0.05, 0) is 19.3 Å². The molecular formula is C21H44O. The predicted molar refractivity (Wildman–Crippen MR) is 101 cm³/mol. The lowest BCUT2D eigenvalue weighted by atomic mass is 10.0. The molecule has 1 unspecified atom stereocenters. The van der Waals surface area contributed by atoms with Gasteiger partial charge >= 0.3 is 0 Å². The van der Waals surface area contributed by atoms with E-state index in [1.54, 1.807) is 0 Å². The van der Waals surface area contributed by atoms with E-state index in [0.717, 1.165) is 5.92 Å². The number of hydrogen-bond donors (Lipinski definition) is 0. The van der Waals surface area contributed by atoms with Gasteiger partial charge in [-0.3, -0.25) is 0 Å². The monoisotopic (exact) mass is 312 g/mol. The van der Waals surface area contributed by atoms with Gasteiger partial charge in [-0.2, -0.15) is 0 Å². The lowest BCUT2D eigenvalue weighted by molar-refractivity contribution is 0.108. The van der Waals surface area contributed by atoms with E-state index in [1.165, 1.54) is 96.3 Å². The van der Waals surface area contributed by atoms with E-state index >= 15 is 0 Å². The fourth-order valence-corrected chi connectivity index (χ4v) is 3.05. The molecule has 0 fully saturated rings. The molecule has 1 atom stereocenters. The maximum Gasteiger partial charge on any atom is 0.0543 e. The minimum absolute atomic E-state index is 0.449. The zero-order chi connectivity index (χ0) is 16.5. The number of unbranched alkanes of at least 4 members (excludes halogenated alkanes) is 12. The van der Waals surface area contributed by atoms with Crippen molar-refractivity contribution in [2.45, 2.75) is 123 Å². The molecule has 0 aliphatic carbocycles. The van der Waals surface area contributed by atoms with E-state index in [2.05, 4.69) is 20.8 Å². The lowest BCUT2D eigenvalue weighted by Gasteiger charge is -2.08. The van der Waals surface area contributed by atoms with Crippen molar-refractivity contribution in [2.24, 2.45) is 5.92 Å². The molecule has 0 radical (unpaired) electrons. The van der Waals surface area contributed by atoms with Crippen LogP contribution in [0, 0.1) is 5.92 Å². The van der Waals surface area contributed by atoms with Crippen LogP contribution in [0.5, 0.6) is 0 Å². The standard InChI is InChI=1S/C21H44O/c1-20(2)18-16-14-12-10-8-6-5-7-9-11-13-15-17-19-21(3)22-4/h20-21H,5-19H2,1-4H3. The summed E-state index contributed by atoms with van der Waals surface area (Å²) in [7, 11) is 1.82. The summed E-state index contributed by atoms with van der Waals surface area (Å²) in [6, 6.07) is 0. The van der Waals surface area contributed by atoms with Crippen LogP contribution in [0.2, 0.25) is 0 Å². The number of methoxy groups -OCH3 is 1. The summed E-state index contributed by atoms with van der Waals surface area (Å²) < 4.78 is 5.27. The van der Waals surface area contributed by atoms with Crippen molar-refractivity contribution in [1.82, 2.24) is 0 Å². The molecular weight excluding hydrogens is 268 g/mol. The maximum atomic E-state index is 5.27. The van der Waals surface area contributed by atoms with Gasteiger partial charge in [0.2, 0.25) is 0 Å². The van der Waals surface area contributed by atoms with Gasteiger partial charge in [-0.25, -0.2) is 0 Å². The molecule has 0 bridgehead atoms. The molecule has 0 aromatic heterocycles. The average Bonchev–Trinajstić information content (AvgIpc) is 2.50. The van der Waals surface area contributed by atoms with E-state index in [9.17, 15) is 0 Å². The van der Waals surface area contributed by atoms with E-state index in [0.29, 0.717) is 6.10 Å². The summed E-state index contributed by atoms with van der Waals surface area (Å²) in [6.07, 6.45) is 21.8. The molecule has 0 saturated heterocycles. The Kier molecular flexibility index (Phi) is 17.3. The second-order valence-corrected chi connectivity index (χ2v) is 7.61. The van der Waals surface area contributed by atoms with Crippen LogP contribution in [0.25, 0.3) is 0 Å². The molecule has 22 heavy (non-hydrogen) atoms. The zero-order valence-electron chi connectivity index (χ0n) is 16.2. The SMILES string of the molecule is COC(C)CCCCCCCCCCCCCCCC(C)C. The Bertz CT molecular complexity index is 200. The van der Waals surface area contributed by atoms with Crippen LogP contribution in [-0.4, -0.2) is 13.2 Å². The Labute approximate surface area is 141 Å². The van der Waals surface area contributed by atoms with Crippen molar-refractivity contribution >= 4 is 0 Å². The van der Waals surface area contributed by atoms with Gasteiger partial charge in [0.05, 0.1) is 6.10 Å². The van der Waals surface area contributed by atoms with Gasteiger partial charge in [0.25, 0.3) is 0 Å². The fraction of sp³-hybridized carbons (Fsp3) is 1.00. The van der Waals surface area contributed by atoms with Gasteiger partial charge in [0, 0.05) is 7.11 Å². The maximum absolute atomic E-state index is 5.27. The third-order valence-corrected chi connectivity index (χ3v) is 4.79. The molecule has 0 N–H and O–H groups in total. The molecule has 0 saturated carbocycles. The summed E-state index contributed by atoms with van der Waals surface area (Å²) in [4.78, 5) is 0. The molecule has 0 rings (SSSR count). The van der Waals surface area contributed by atoms with Crippen LogP contribution >= 0.6 is 0 Å². The van der Waals surface area contributed by atoms with Crippen molar-refractivity contribution in [3.63, 3.8) is 0 Å². The van der Waals surface area contributed by atoms with Gasteiger partial charge in [-0.15, -0.1) is 0 Å². The highest BCUT2D eigenvalue weighted by Crippen LogP contribution is 2.15.